The highest BCUT2D eigenvalue weighted by molar-refractivity contribution is 6.18. The first-order valence-electron chi connectivity index (χ1n) is 20.8. The number of hydrogen-bond acceptors (Lipinski definition) is 1. The van der Waals surface area contributed by atoms with E-state index in [0.29, 0.717) is 0 Å². The number of aromatic nitrogens is 2. The SMILES string of the molecule is CC1(C)c2ccccc2-c2cc3c4cc(-c5ccc6c(c5)c5cc7c(cc5n6-c5cccc(-c6ccccc6)c5)oc5ccccc57)ccc4n(-c4ccccc4)c3cc21. The minimum atomic E-state index is -0.0883. The summed E-state index contributed by atoms with van der Waals surface area (Å²) >= 11 is 0. The summed E-state index contributed by atoms with van der Waals surface area (Å²) in [5.41, 5.74) is 18.9. The predicted octanol–water partition coefficient (Wildman–Crippen LogP) is 15.4. The van der Waals surface area contributed by atoms with Crippen molar-refractivity contribution < 1.29 is 4.42 Å². The highest BCUT2D eigenvalue weighted by Crippen LogP contribution is 2.51. The van der Waals surface area contributed by atoms with E-state index in [1.54, 1.807) is 0 Å². The molecule has 0 unspecified atom stereocenters. The number of para-hydroxylation sites is 2. The molecule has 0 radical (unpaired) electrons. The maximum absolute atomic E-state index is 6.49. The first-order valence-corrected chi connectivity index (χ1v) is 20.8. The summed E-state index contributed by atoms with van der Waals surface area (Å²) in [4.78, 5) is 0. The molecule has 60 heavy (non-hydrogen) atoms. The van der Waals surface area contributed by atoms with Gasteiger partial charge in [-0.3, -0.25) is 0 Å². The third-order valence-electron chi connectivity index (χ3n) is 13.3. The molecule has 3 aromatic heterocycles. The van der Waals surface area contributed by atoms with Gasteiger partial charge in [0.15, 0.2) is 0 Å². The monoisotopic (exact) mass is 766 g/mol. The van der Waals surface area contributed by atoms with Gasteiger partial charge in [0.1, 0.15) is 11.2 Å². The molecule has 12 aromatic rings. The molecule has 1 aliphatic rings. The average molecular weight is 767 g/mol. The summed E-state index contributed by atoms with van der Waals surface area (Å²) in [6.07, 6.45) is 0. The molecular weight excluding hydrogens is 729 g/mol. The van der Waals surface area contributed by atoms with Gasteiger partial charge in [0, 0.05) is 55.2 Å². The molecule has 3 heteroatoms. The van der Waals surface area contributed by atoms with E-state index < -0.39 is 0 Å². The van der Waals surface area contributed by atoms with Crippen molar-refractivity contribution in [1.82, 2.24) is 9.13 Å². The Morgan fingerprint density at radius 1 is 0.333 bits per heavy atom. The van der Waals surface area contributed by atoms with Gasteiger partial charge in [-0.25, -0.2) is 0 Å². The van der Waals surface area contributed by atoms with Crippen molar-refractivity contribution in [3.8, 4) is 44.8 Å². The number of rotatable bonds is 4. The van der Waals surface area contributed by atoms with Gasteiger partial charge in [-0.2, -0.15) is 0 Å². The largest absolute Gasteiger partial charge is 0.456 e. The zero-order valence-electron chi connectivity index (χ0n) is 33.3. The Morgan fingerprint density at radius 2 is 0.917 bits per heavy atom. The van der Waals surface area contributed by atoms with Crippen LogP contribution in [0.4, 0.5) is 0 Å². The quantitative estimate of drug-likeness (QED) is 0.175. The second-order valence-electron chi connectivity index (χ2n) is 16.9. The fraction of sp³-hybridized carbons (Fsp3) is 0.0526. The van der Waals surface area contributed by atoms with Crippen LogP contribution in [-0.2, 0) is 5.41 Å². The van der Waals surface area contributed by atoms with Crippen molar-refractivity contribution in [1.29, 1.82) is 0 Å². The van der Waals surface area contributed by atoms with Gasteiger partial charge in [0.2, 0.25) is 0 Å². The molecule has 0 N–H and O–H groups in total. The Morgan fingerprint density at radius 3 is 1.70 bits per heavy atom. The summed E-state index contributed by atoms with van der Waals surface area (Å²) in [6.45, 7) is 4.73. The second kappa shape index (κ2) is 12.2. The predicted molar refractivity (Wildman–Crippen MR) is 251 cm³/mol. The summed E-state index contributed by atoms with van der Waals surface area (Å²) < 4.78 is 11.3. The Labute approximate surface area is 347 Å². The van der Waals surface area contributed by atoms with Gasteiger partial charge < -0.3 is 13.6 Å². The topological polar surface area (TPSA) is 23.0 Å². The van der Waals surface area contributed by atoms with E-state index in [1.165, 1.54) is 82.8 Å². The van der Waals surface area contributed by atoms with Crippen LogP contribution < -0.4 is 0 Å². The van der Waals surface area contributed by atoms with Crippen LogP contribution in [0.15, 0.2) is 199 Å². The lowest BCUT2D eigenvalue weighted by atomic mass is 9.82. The molecule has 0 saturated heterocycles. The normalized spacial score (nSPS) is 13.3. The molecular formula is C57H38N2O. The third kappa shape index (κ3) is 4.66. The van der Waals surface area contributed by atoms with Crippen molar-refractivity contribution in [2.45, 2.75) is 19.3 Å². The second-order valence-corrected chi connectivity index (χ2v) is 16.9. The summed E-state index contributed by atoms with van der Waals surface area (Å²) in [5.74, 6) is 0. The van der Waals surface area contributed by atoms with Crippen LogP contribution in [0.3, 0.4) is 0 Å². The Kier molecular flexibility index (Phi) is 6.78. The molecule has 0 bridgehead atoms. The molecule has 9 aromatic carbocycles. The van der Waals surface area contributed by atoms with Gasteiger partial charge in [-0.05, 0) is 117 Å². The molecule has 0 saturated carbocycles. The molecule has 0 atom stereocenters. The number of hydrogen-bond donors (Lipinski definition) is 0. The number of fused-ring (bicyclic) bond motifs is 12. The number of furan rings is 1. The van der Waals surface area contributed by atoms with Crippen molar-refractivity contribution in [2.24, 2.45) is 0 Å². The van der Waals surface area contributed by atoms with Crippen LogP contribution in [0.1, 0.15) is 25.0 Å². The molecule has 0 aliphatic heterocycles. The van der Waals surface area contributed by atoms with E-state index in [2.05, 4.69) is 211 Å². The van der Waals surface area contributed by atoms with Gasteiger partial charge in [0.25, 0.3) is 0 Å². The molecule has 3 nitrogen and oxygen atoms in total. The minimum Gasteiger partial charge on any atom is -0.456 e. The molecule has 13 rings (SSSR count). The van der Waals surface area contributed by atoms with Crippen LogP contribution in [0, 0.1) is 0 Å². The lowest BCUT2D eigenvalue weighted by Gasteiger charge is -2.21. The van der Waals surface area contributed by atoms with Crippen LogP contribution in [0.5, 0.6) is 0 Å². The van der Waals surface area contributed by atoms with E-state index in [0.717, 1.165) is 38.7 Å². The van der Waals surface area contributed by atoms with E-state index in [-0.39, 0.29) is 5.41 Å². The van der Waals surface area contributed by atoms with Crippen LogP contribution in [0.2, 0.25) is 0 Å². The first-order chi connectivity index (χ1) is 29.5. The highest BCUT2D eigenvalue weighted by atomic mass is 16.3. The molecule has 0 amide bonds. The molecule has 3 heterocycles. The number of nitrogens with zero attached hydrogens (tertiary/aromatic N) is 2. The van der Waals surface area contributed by atoms with Crippen LogP contribution in [0.25, 0.3) is 110 Å². The maximum Gasteiger partial charge on any atom is 0.137 e. The van der Waals surface area contributed by atoms with Crippen LogP contribution >= 0.6 is 0 Å². The first kappa shape index (κ1) is 33.4. The van der Waals surface area contributed by atoms with Gasteiger partial charge >= 0.3 is 0 Å². The molecule has 1 aliphatic carbocycles. The van der Waals surface area contributed by atoms with Crippen molar-refractivity contribution in [3.63, 3.8) is 0 Å². The molecule has 0 fully saturated rings. The van der Waals surface area contributed by atoms with E-state index in [4.69, 9.17) is 4.42 Å². The van der Waals surface area contributed by atoms with Crippen LogP contribution in [-0.4, -0.2) is 9.13 Å². The summed E-state index contributed by atoms with van der Waals surface area (Å²) in [7, 11) is 0. The standard InChI is InChI=1S/C57H38N2O/c1-57(2)49-22-11-9-20-41(49)43-31-46-44-29-37(24-26-51(44)58(53(46)33-50(43)57)39-17-7-4-8-18-39)38-25-27-52-45(30-38)47-32-48-42-21-10-12-23-55(42)60-56(48)34-54(47)59(52)40-19-13-16-36(28-40)35-14-5-3-6-15-35/h3-34H,1-2H3. The smallest absolute Gasteiger partial charge is 0.137 e. The fourth-order valence-electron chi connectivity index (χ4n) is 10.4. The minimum absolute atomic E-state index is 0.0883. The third-order valence-corrected chi connectivity index (χ3v) is 13.3. The lowest BCUT2D eigenvalue weighted by Crippen LogP contribution is -2.14. The molecule has 282 valence electrons. The Balaban J connectivity index is 1.06. The lowest BCUT2D eigenvalue weighted by molar-refractivity contribution is 0.661. The maximum atomic E-state index is 6.49. The zero-order chi connectivity index (χ0) is 39.7. The average Bonchev–Trinajstić information content (AvgIpc) is 3.99. The molecule has 0 spiro atoms. The number of benzene rings is 9. The van der Waals surface area contributed by atoms with Gasteiger partial charge in [-0.15, -0.1) is 0 Å². The van der Waals surface area contributed by atoms with Crippen molar-refractivity contribution in [2.75, 3.05) is 0 Å². The summed E-state index contributed by atoms with van der Waals surface area (Å²) in [5, 5.41) is 7.21. The highest BCUT2D eigenvalue weighted by Gasteiger charge is 2.36. The Bertz CT molecular complexity index is 3730. The summed E-state index contributed by atoms with van der Waals surface area (Å²) in [6, 6.07) is 71.2. The van der Waals surface area contributed by atoms with Crippen molar-refractivity contribution in [3.05, 3.63) is 205 Å². The fourth-order valence-corrected chi connectivity index (χ4v) is 10.4. The van der Waals surface area contributed by atoms with E-state index in [9.17, 15) is 0 Å². The van der Waals surface area contributed by atoms with E-state index >= 15 is 0 Å². The van der Waals surface area contributed by atoms with Gasteiger partial charge in [-0.1, -0.05) is 129 Å². The van der Waals surface area contributed by atoms with E-state index in [1.807, 2.05) is 6.07 Å². The Hall–Kier alpha value is -7.62. The zero-order valence-corrected chi connectivity index (χ0v) is 33.3. The van der Waals surface area contributed by atoms with Crippen molar-refractivity contribution >= 4 is 65.6 Å². The van der Waals surface area contributed by atoms with Gasteiger partial charge in [0.05, 0.1) is 22.1 Å².